The van der Waals surface area contributed by atoms with Crippen LogP contribution in [0.4, 0.5) is 17.6 Å². The lowest BCUT2D eigenvalue weighted by molar-refractivity contribution is 0.0178. The van der Waals surface area contributed by atoms with Crippen molar-refractivity contribution >= 4 is 17.5 Å². The predicted octanol–water partition coefficient (Wildman–Crippen LogP) is 3.91. The van der Waals surface area contributed by atoms with Gasteiger partial charge in [-0.15, -0.1) is 0 Å². The minimum atomic E-state index is -2.67. The topological polar surface area (TPSA) is 38.1 Å². The molecule has 0 bridgehead atoms. The fourth-order valence-electron chi connectivity index (χ4n) is 3.13. The third-order valence-electron chi connectivity index (χ3n) is 4.53. The number of nitrogens with zero attached hydrogens (tertiary/aromatic N) is 3. The molecule has 1 aromatic carbocycles. The van der Waals surface area contributed by atoms with Crippen molar-refractivity contribution in [2.24, 2.45) is 0 Å². The van der Waals surface area contributed by atoms with Crippen LogP contribution in [0.2, 0.25) is 5.15 Å². The second-order valence-corrected chi connectivity index (χ2v) is 6.39. The van der Waals surface area contributed by atoms with Gasteiger partial charge in [-0.05, 0) is 25.0 Å². The molecule has 2 heterocycles. The molecule has 1 aliphatic heterocycles. The van der Waals surface area contributed by atoms with E-state index in [1.54, 1.807) is 6.92 Å². The molecule has 26 heavy (non-hydrogen) atoms. The number of halogens is 5. The van der Waals surface area contributed by atoms with Crippen molar-refractivity contribution in [1.82, 2.24) is 14.7 Å². The Bertz CT molecular complexity index is 819. The Morgan fingerprint density at radius 1 is 1.27 bits per heavy atom. The van der Waals surface area contributed by atoms with Crippen LogP contribution in [0.1, 0.15) is 35.0 Å². The van der Waals surface area contributed by atoms with E-state index in [0.717, 1.165) is 21.7 Å². The zero-order valence-corrected chi connectivity index (χ0v) is 14.6. The summed E-state index contributed by atoms with van der Waals surface area (Å²) in [6, 6.07) is 2.25. The highest BCUT2D eigenvalue weighted by Crippen LogP contribution is 2.29. The number of amides is 1. The molecule has 0 fully saturated rings. The summed E-state index contributed by atoms with van der Waals surface area (Å²) >= 11 is 6.22. The van der Waals surface area contributed by atoms with E-state index < -0.39 is 30.0 Å². The smallest absolute Gasteiger partial charge is 0.275 e. The van der Waals surface area contributed by atoms with Crippen molar-refractivity contribution in [3.05, 3.63) is 51.8 Å². The Kier molecular flexibility index (Phi) is 5.22. The minimum absolute atomic E-state index is 0.0444. The zero-order chi connectivity index (χ0) is 19.0. The van der Waals surface area contributed by atoms with Gasteiger partial charge in [0.25, 0.3) is 12.3 Å². The van der Waals surface area contributed by atoms with Gasteiger partial charge in [-0.1, -0.05) is 24.6 Å². The number of fused-ring (bicyclic) bond motifs is 1. The van der Waals surface area contributed by atoms with Gasteiger partial charge in [0.15, 0.2) is 5.69 Å². The quantitative estimate of drug-likeness (QED) is 0.727. The summed E-state index contributed by atoms with van der Waals surface area (Å²) in [5.41, 5.74) is 0.128. The molecule has 0 radical (unpaired) electrons. The molecule has 0 aliphatic carbocycles. The SMILES string of the molecule is CCC(C(F)F)N1CCc2c(nn(Cc3c(F)cccc3F)c2Cl)C1=O. The summed E-state index contributed by atoms with van der Waals surface area (Å²) in [7, 11) is 0. The molecule has 1 atom stereocenters. The van der Waals surface area contributed by atoms with Crippen LogP contribution in [0.5, 0.6) is 0 Å². The number of carbonyl (C=O) groups excluding carboxylic acids is 1. The molecule has 1 aliphatic rings. The minimum Gasteiger partial charge on any atom is -0.328 e. The summed E-state index contributed by atoms with van der Waals surface area (Å²) in [6.07, 6.45) is -2.31. The Labute approximate surface area is 152 Å². The van der Waals surface area contributed by atoms with Crippen molar-refractivity contribution in [1.29, 1.82) is 0 Å². The molecule has 0 N–H and O–H groups in total. The summed E-state index contributed by atoms with van der Waals surface area (Å²) in [6.45, 7) is 1.37. The first-order valence-corrected chi connectivity index (χ1v) is 8.50. The van der Waals surface area contributed by atoms with Gasteiger partial charge in [-0.3, -0.25) is 4.79 Å². The predicted molar refractivity (Wildman–Crippen MR) is 87.5 cm³/mol. The maximum atomic E-state index is 13.8. The molecular weight excluding hydrogens is 374 g/mol. The van der Waals surface area contributed by atoms with Crippen LogP contribution in [-0.2, 0) is 13.0 Å². The molecule has 0 saturated carbocycles. The van der Waals surface area contributed by atoms with Crippen molar-refractivity contribution in [2.75, 3.05) is 6.54 Å². The van der Waals surface area contributed by atoms with E-state index >= 15 is 0 Å². The van der Waals surface area contributed by atoms with Gasteiger partial charge in [0.2, 0.25) is 0 Å². The van der Waals surface area contributed by atoms with Crippen molar-refractivity contribution in [3.8, 4) is 0 Å². The third-order valence-corrected chi connectivity index (χ3v) is 4.95. The van der Waals surface area contributed by atoms with Crippen LogP contribution < -0.4 is 0 Å². The van der Waals surface area contributed by atoms with Gasteiger partial charge in [0.1, 0.15) is 16.8 Å². The number of alkyl halides is 2. The fourth-order valence-corrected chi connectivity index (χ4v) is 3.41. The maximum Gasteiger partial charge on any atom is 0.275 e. The first kappa shape index (κ1) is 18.7. The van der Waals surface area contributed by atoms with Crippen molar-refractivity contribution in [2.45, 2.75) is 38.8 Å². The van der Waals surface area contributed by atoms with Crippen molar-refractivity contribution < 1.29 is 22.4 Å². The van der Waals surface area contributed by atoms with Gasteiger partial charge in [-0.2, -0.15) is 5.10 Å². The summed E-state index contributed by atoms with van der Waals surface area (Å²) in [4.78, 5) is 13.7. The molecule has 4 nitrogen and oxygen atoms in total. The summed E-state index contributed by atoms with van der Waals surface area (Å²) in [5.74, 6) is -2.16. The standard InChI is InChI=1S/C17H16ClF4N3O/c1-2-13(16(21)22)24-7-6-9-14(17(24)26)23-25(15(9)18)8-10-11(19)4-3-5-12(10)20/h3-5,13,16H,2,6-8H2,1H3. The van der Waals surface area contributed by atoms with Crippen LogP contribution >= 0.6 is 11.6 Å². The van der Waals surface area contributed by atoms with Crippen LogP contribution in [0.25, 0.3) is 0 Å². The molecular formula is C17H16ClF4N3O. The summed E-state index contributed by atoms with van der Waals surface area (Å²) < 4.78 is 55.1. The van der Waals surface area contributed by atoms with Gasteiger partial charge in [-0.25, -0.2) is 22.2 Å². The van der Waals surface area contributed by atoms with Crippen LogP contribution in [0.3, 0.4) is 0 Å². The first-order chi connectivity index (χ1) is 12.3. The van der Waals surface area contributed by atoms with E-state index in [1.165, 1.54) is 6.07 Å². The molecule has 0 spiro atoms. The van der Waals surface area contributed by atoms with Crippen LogP contribution in [-0.4, -0.2) is 39.6 Å². The molecule has 3 rings (SSSR count). The van der Waals surface area contributed by atoms with E-state index in [1.807, 2.05) is 0 Å². The largest absolute Gasteiger partial charge is 0.328 e. The molecule has 1 amide bonds. The van der Waals surface area contributed by atoms with E-state index in [9.17, 15) is 22.4 Å². The highest BCUT2D eigenvalue weighted by molar-refractivity contribution is 6.31. The number of hydrogen-bond acceptors (Lipinski definition) is 2. The second-order valence-electron chi connectivity index (χ2n) is 6.03. The normalized spacial score (nSPS) is 15.5. The number of carbonyl (C=O) groups is 1. The highest BCUT2D eigenvalue weighted by atomic mass is 35.5. The van der Waals surface area contributed by atoms with Gasteiger partial charge in [0, 0.05) is 17.7 Å². The maximum absolute atomic E-state index is 13.8. The second kappa shape index (κ2) is 7.26. The van der Waals surface area contributed by atoms with E-state index in [-0.39, 0.29) is 42.3 Å². The number of aromatic nitrogens is 2. The van der Waals surface area contributed by atoms with Gasteiger partial charge >= 0.3 is 0 Å². The van der Waals surface area contributed by atoms with Crippen LogP contribution in [0.15, 0.2) is 18.2 Å². The fraction of sp³-hybridized carbons (Fsp3) is 0.412. The number of rotatable bonds is 5. The Morgan fingerprint density at radius 3 is 2.50 bits per heavy atom. The van der Waals surface area contributed by atoms with Crippen molar-refractivity contribution in [3.63, 3.8) is 0 Å². The Hall–Kier alpha value is -2.09. The lowest BCUT2D eigenvalue weighted by atomic mass is 10.0. The van der Waals surface area contributed by atoms with E-state index in [4.69, 9.17) is 11.6 Å². The average molecular weight is 390 g/mol. The van der Waals surface area contributed by atoms with Gasteiger partial charge in [0.05, 0.1) is 12.6 Å². The van der Waals surface area contributed by atoms with Crippen LogP contribution in [0, 0.1) is 11.6 Å². The lowest BCUT2D eigenvalue weighted by Gasteiger charge is -2.32. The highest BCUT2D eigenvalue weighted by Gasteiger charge is 2.37. The molecule has 9 heteroatoms. The van der Waals surface area contributed by atoms with E-state index in [2.05, 4.69) is 5.10 Å². The summed E-state index contributed by atoms with van der Waals surface area (Å²) in [5, 5.41) is 4.13. The molecule has 2 aromatic rings. The lowest BCUT2D eigenvalue weighted by Crippen LogP contribution is -2.47. The average Bonchev–Trinajstić information content (AvgIpc) is 2.91. The Balaban J connectivity index is 1.94. The first-order valence-electron chi connectivity index (χ1n) is 8.12. The van der Waals surface area contributed by atoms with E-state index in [0.29, 0.717) is 5.56 Å². The van der Waals surface area contributed by atoms with Gasteiger partial charge < -0.3 is 4.90 Å². The molecule has 140 valence electrons. The Morgan fingerprint density at radius 2 is 1.92 bits per heavy atom. The molecule has 0 saturated heterocycles. The zero-order valence-electron chi connectivity index (χ0n) is 13.9. The molecule has 1 unspecified atom stereocenters. The number of hydrogen-bond donors (Lipinski definition) is 0. The monoisotopic (exact) mass is 389 g/mol. The third kappa shape index (κ3) is 3.18. The number of benzene rings is 1. The molecule has 1 aromatic heterocycles.